The van der Waals surface area contributed by atoms with Gasteiger partial charge in [0, 0.05) is 13.2 Å². The van der Waals surface area contributed by atoms with Gasteiger partial charge in [-0.2, -0.15) is 0 Å². The summed E-state index contributed by atoms with van der Waals surface area (Å²) < 4.78 is 7.99. The van der Waals surface area contributed by atoms with E-state index in [1.54, 1.807) is 6.20 Å². The number of carbonyl (C=O) groups is 1. The van der Waals surface area contributed by atoms with E-state index in [2.05, 4.69) is 27.9 Å². The average molecular weight is 349 g/mol. The van der Waals surface area contributed by atoms with Crippen molar-refractivity contribution < 1.29 is 9.53 Å². The van der Waals surface area contributed by atoms with Crippen LogP contribution in [0.5, 0.6) is 0 Å². The van der Waals surface area contributed by atoms with Gasteiger partial charge in [0.25, 0.3) is 5.91 Å². The molecule has 140 valence electrons. The summed E-state index contributed by atoms with van der Waals surface area (Å²) in [6, 6.07) is 0.341. The Morgan fingerprint density at radius 2 is 2.12 bits per heavy atom. The summed E-state index contributed by atoms with van der Waals surface area (Å²) in [5, 5.41) is 14.6. The molecule has 1 aromatic rings. The molecule has 2 fully saturated rings. The van der Waals surface area contributed by atoms with Gasteiger partial charge in [-0.3, -0.25) is 4.79 Å². The fraction of sp³-hybridized carbons (Fsp3) is 0.833. The fourth-order valence-electron chi connectivity index (χ4n) is 3.85. The van der Waals surface area contributed by atoms with Crippen LogP contribution in [0.4, 0.5) is 0 Å². The van der Waals surface area contributed by atoms with E-state index < -0.39 is 0 Å². The molecule has 0 aromatic carbocycles. The summed E-state index contributed by atoms with van der Waals surface area (Å²) in [4.78, 5) is 12.5. The van der Waals surface area contributed by atoms with Gasteiger partial charge >= 0.3 is 0 Å². The Bertz CT molecular complexity index is 547. The Morgan fingerprint density at radius 3 is 2.84 bits per heavy atom. The Kier molecular flexibility index (Phi) is 6.42. The van der Waals surface area contributed by atoms with Crippen molar-refractivity contribution in [3.63, 3.8) is 0 Å². The van der Waals surface area contributed by atoms with Gasteiger partial charge in [0.2, 0.25) is 0 Å². The van der Waals surface area contributed by atoms with Gasteiger partial charge in [0.1, 0.15) is 0 Å². The van der Waals surface area contributed by atoms with Crippen LogP contribution < -0.4 is 10.6 Å². The second-order valence-corrected chi connectivity index (χ2v) is 7.34. The monoisotopic (exact) mass is 349 g/mol. The predicted octanol–water partition coefficient (Wildman–Crippen LogP) is 2.06. The first-order valence-corrected chi connectivity index (χ1v) is 9.77. The second kappa shape index (κ2) is 8.76. The number of hydrogen-bond donors (Lipinski definition) is 2. The smallest absolute Gasteiger partial charge is 0.273 e. The summed E-state index contributed by atoms with van der Waals surface area (Å²) in [5.41, 5.74) is 0.203. The van der Waals surface area contributed by atoms with E-state index in [1.165, 1.54) is 19.3 Å². The molecule has 2 heterocycles. The molecule has 7 heteroatoms. The van der Waals surface area contributed by atoms with Crippen molar-refractivity contribution in [2.45, 2.75) is 69.9 Å². The highest BCUT2D eigenvalue weighted by Gasteiger charge is 2.33. The van der Waals surface area contributed by atoms with Crippen molar-refractivity contribution in [3.05, 3.63) is 11.9 Å². The highest BCUT2D eigenvalue weighted by molar-refractivity contribution is 5.91. The largest absolute Gasteiger partial charge is 0.373 e. The van der Waals surface area contributed by atoms with E-state index >= 15 is 0 Å². The van der Waals surface area contributed by atoms with Crippen LogP contribution >= 0.6 is 0 Å². The van der Waals surface area contributed by atoms with Gasteiger partial charge < -0.3 is 15.4 Å². The lowest BCUT2D eigenvalue weighted by molar-refractivity contribution is -0.0669. The zero-order chi connectivity index (χ0) is 17.5. The van der Waals surface area contributed by atoms with Crippen LogP contribution in [0.3, 0.4) is 0 Å². The number of piperidine rings is 1. The van der Waals surface area contributed by atoms with Crippen LogP contribution in [0.15, 0.2) is 6.20 Å². The molecule has 2 aliphatic rings. The standard InChI is InChI=1S/C18H31N5O2/c1-2-12-25-18(8-4-3-5-9-18)14-20-17(24)16-13-23(22-21-16)15-6-10-19-11-7-15/h13,15,19H,2-12,14H2,1H3,(H,20,24). The Balaban J connectivity index is 1.56. The molecule has 1 amide bonds. The highest BCUT2D eigenvalue weighted by Crippen LogP contribution is 2.31. The van der Waals surface area contributed by atoms with Gasteiger partial charge in [-0.25, -0.2) is 4.68 Å². The minimum Gasteiger partial charge on any atom is -0.373 e. The van der Waals surface area contributed by atoms with Crippen LogP contribution in [-0.2, 0) is 4.74 Å². The molecule has 7 nitrogen and oxygen atoms in total. The van der Waals surface area contributed by atoms with Crippen molar-refractivity contribution in [1.82, 2.24) is 25.6 Å². The molecule has 25 heavy (non-hydrogen) atoms. The zero-order valence-electron chi connectivity index (χ0n) is 15.3. The summed E-state index contributed by atoms with van der Waals surface area (Å²) in [6.45, 7) is 5.41. The van der Waals surface area contributed by atoms with Crippen LogP contribution in [0.25, 0.3) is 0 Å². The summed E-state index contributed by atoms with van der Waals surface area (Å²) in [5.74, 6) is -0.148. The summed E-state index contributed by atoms with van der Waals surface area (Å²) in [7, 11) is 0. The van der Waals surface area contributed by atoms with Gasteiger partial charge in [-0.15, -0.1) is 5.10 Å². The highest BCUT2D eigenvalue weighted by atomic mass is 16.5. The normalized spacial score (nSPS) is 21.2. The van der Waals surface area contributed by atoms with Crippen molar-refractivity contribution in [2.24, 2.45) is 0 Å². The number of nitrogens with one attached hydrogen (secondary N) is 2. The van der Waals surface area contributed by atoms with E-state index in [9.17, 15) is 4.79 Å². The third-order valence-electron chi connectivity index (χ3n) is 5.37. The minimum atomic E-state index is -0.199. The molecular weight excluding hydrogens is 318 g/mol. The Hall–Kier alpha value is -1.47. The number of hydrogen-bond acceptors (Lipinski definition) is 5. The van der Waals surface area contributed by atoms with Crippen LogP contribution in [0.1, 0.15) is 74.8 Å². The Labute approximate surface area is 149 Å². The first kappa shape index (κ1) is 18.3. The summed E-state index contributed by atoms with van der Waals surface area (Å²) >= 11 is 0. The van der Waals surface area contributed by atoms with Gasteiger partial charge in [-0.1, -0.05) is 31.4 Å². The maximum atomic E-state index is 12.5. The van der Waals surface area contributed by atoms with Crippen molar-refractivity contribution in [3.8, 4) is 0 Å². The van der Waals surface area contributed by atoms with Gasteiger partial charge in [-0.05, 0) is 45.2 Å². The molecule has 1 saturated carbocycles. The molecule has 1 aliphatic heterocycles. The fourth-order valence-corrected chi connectivity index (χ4v) is 3.85. The maximum Gasteiger partial charge on any atom is 0.273 e. The minimum absolute atomic E-state index is 0.148. The van der Waals surface area contributed by atoms with Crippen LogP contribution in [-0.4, -0.2) is 52.7 Å². The lowest BCUT2D eigenvalue weighted by Gasteiger charge is -2.37. The van der Waals surface area contributed by atoms with E-state index in [1.807, 2.05) is 4.68 Å². The molecule has 0 atom stereocenters. The third-order valence-corrected chi connectivity index (χ3v) is 5.37. The van der Waals surface area contributed by atoms with Crippen LogP contribution in [0, 0.1) is 0 Å². The van der Waals surface area contributed by atoms with E-state index in [0.29, 0.717) is 18.3 Å². The number of nitrogens with zero attached hydrogens (tertiary/aromatic N) is 3. The molecule has 1 aromatic heterocycles. The lowest BCUT2D eigenvalue weighted by atomic mass is 9.84. The van der Waals surface area contributed by atoms with E-state index in [4.69, 9.17) is 4.74 Å². The maximum absolute atomic E-state index is 12.5. The lowest BCUT2D eigenvalue weighted by Crippen LogP contribution is -2.46. The van der Waals surface area contributed by atoms with Crippen molar-refractivity contribution >= 4 is 5.91 Å². The van der Waals surface area contributed by atoms with Gasteiger partial charge in [0.15, 0.2) is 5.69 Å². The average Bonchev–Trinajstić information content (AvgIpc) is 3.16. The first-order chi connectivity index (χ1) is 12.2. The topological polar surface area (TPSA) is 81.1 Å². The molecule has 1 saturated heterocycles. The van der Waals surface area contributed by atoms with Gasteiger partial charge in [0.05, 0.1) is 17.8 Å². The quantitative estimate of drug-likeness (QED) is 0.787. The first-order valence-electron chi connectivity index (χ1n) is 9.77. The SMILES string of the molecule is CCCOC1(CNC(=O)c2cn(C3CCNCC3)nn2)CCCCC1. The van der Waals surface area contributed by atoms with Crippen molar-refractivity contribution in [2.75, 3.05) is 26.2 Å². The number of aromatic nitrogens is 3. The third kappa shape index (κ3) is 4.79. The number of carbonyl (C=O) groups excluding carboxylic acids is 1. The number of amides is 1. The molecule has 0 spiro atoms. The molecule has 3 rings (SSSR count). The summed E-state index contributed by atoms with van der Waals surface area (Å²) in [6.07, 6.45) is 10.5. The molecule has 0 radical (unpaired) electrons. The molecule has 0 unspecified atom stereocenters. The number of ether oxygens (including phenoxy) is 1. The van der Waals surface area contributed by atoms with Crippen LogP contribution in [0.2, 0.25) is 0 Å². The molecule has 0 bridgehead atoms. The molecular formula is C18H31N5O2. The van der Waals surface area contributed by atoms with E-state index in [-0.39, 0.29) is 11.5 Å². The van der Waals surface area contributed by atoms with Crippen molar-refractivity contribution in [1.29, 1.82) is 0 Å². The molecule has 2 N–H and O–H groups in total. The number of rotatable bonds is 7. The predicted molar refractivity (Wildman–Crippen MR) is 95.6 cm³/mol. The second-order valence-electron chi connectivity index (χ2n) is 7.34. The zero-order valence-corrected chi connectivity index (χ0v) is 15.3. The Morgan fingerprint density at radius 1 is 1.36 bits per heavy atom. The molecule has 1 aliphatic carbocycles. The van der Waals surface area contributed by atoms with E-state index in [0.717, 1.165) is 51.8 Å².